The minimum atomic E-state index is -0.861. The lowest BCUT2D eigenvalue weighted by atomic mass is 10.1. The first-order valence-electron chi connectivity index (χ1n) is 7.11. The lowest BCUT2D eigenvalue weighted by Gasteiger charge is -2.15. The third-order valence-corrected chi connectivity index (χ3v) is 3.95. The van der Waals surface area contributed by atoms with Crippen molar-refractivity contribution in [2.24, 2.45) is 5.92 Å². The summed E-state index contributed by atoms with van der Waals surface area (Å²) in [5.41, 5.74) is 1.72. The molecule has 1 unspecified atom stereocenters. The Morgan fingerprint density at radius 2 is 2.05 bits per heavy atom. The summed E-state index contributed by atoms with van der Waals surface area (Å²) in [6, 6.07) is 9.33. The van der Waals surface area contributed by atoms with Crippen LogP contribution in [0.1, 0.15) is 22.5 Å². The van der Waals surface area contributed by atoms with E-state index < -0.39 is 11.9 Å². The van der Waals surface area contributed by atoms with E-state index in [0.29, 0.717) is 30.0 Å². The number of benzene rings is 1. The first kappa shape index (κ1) is 14.3. The van der Waals surface area contributed by atoms with Crippen molar-refractivity contribution < 1.29 is 19.2 Å². The highest BCUT2D eigenvalue weighted by molar-refractivity contribution is 6.01. The predicted octanol–water partition coefficient (Wildman–Crippen LogP) is 2.20. The van der Waals surface area contributed by atoms with Crippen LogP contribution < -0.4 is 0 Å². The summed E-state index contributed by atoms with van der Waals surface area (Å²) in [5, 5.41) is 13.1. The fourth-order valence-electron chi connectivity index (χ4n) is 2.72. The van der Waals surface area contributed by atoms with Crippen molar-refractivity contribution in [1.82, 2.24) is 10.1 Å². The van der Waals surface area contributed by atoms with Gasteiger partial charge in [-0.05, 0) is 13.3 Å². The fourth-order valence-corrected chi connectivity index (χ4v) is 2.72. The summed E-state index contributed by atoms with van der Waals surface area (Å²) in [6.07, 6.45) is 0.478. The number of hydrogen-bond donors (Lipinski definition) is 1. The van der Waals surface area contributed by atoms with Crippen molar-refractivity contribution in [2.75, 3.05) is 13.1 Å². The largest absolute Gasteiger partial charge is 0.481 e. The molecule has 1 aromatic carbocycles. The molecule has 1 aliphatic heterocycles. The fraction of sp³-hybridized carbons (Fsp3) is 0.312. The Labute approximate surface area is 127 Å². The average Bonchev–Trinajstić information content (AvgIpc) is 3.14. The third-order valence-electron chi connectivity index (χ3n) is 3.95. The van der Waals surface area contributed by atoms with Crippen LogP contribution in [-0.2, 0) is 4.79 Å². The number of rotatable bonds is 3. The van der Waals surface area contributed by atoms with Crippen LogP contribution in [0.2, 0.25) is 0 Å². The van der Waals surface area contributed by atoms with Gasteiger partial charge in [-0.25, -0.2) is 0 Å². The molecule has 114 valence electrons. The summed E-state index contributed by atoms with van der Waals surface area (Å²) in [7, 11) is 0. The molecule has 0 radical (unpaired) electrons. The molecule has 1 fully saturated rings. The number of amides is 1. The van der Waals surface area contributed by atoms with Crippen molar-refractivity contribution in [3.8, 4) is 11.3 Å². The van der Waals surface area contributed by atoms with Crippen LogP contribution in [-0.4, -0.2) is 40.1 Å². The summed E-state index contributed by atoms with van der Waals surface area (Å²) >= 11 is 0. The molecule has 1 atom stereocenters. The van der Waals surface area contributed by atoms with Gasteiger partial charge in [0.15, 0.2) is 0 Å². The molecule has 0 spiro atoms. The van der Waals surface area contributed by atoms with E-state index in [2.05, 4.69) is 5.16 Å². The molecule has 2 aromatic rings. The molecule has 6 heteroatoms. The van der Waals surface area contributed by atoms with Gasteiger partial charge in [-0.2, -0.15) is 0 Å². The number of aryl methyl sites for hydroxylation is 1. The molecule has 1 N–H and O–H groups in total. The molecule has 1 saturated heterocycles. The van der Waals surface area contributed by atoms with E-state index >= 15 is 0 Å². The molecule has 0 saturated carbocycles. The zero-order valence-corrected chi connectivity index (χ0v) is 12.2. The number of likely N-dealkylation sites (tertiary alicyclic amines) is 1. The Hall–Kier alpha value is -2.63. The van der Waals surface area contributed by atoms with E-state index in [1.54, 1.807) is 11.8 Å². The highest BCUT2D eigenvalue weighted by Crippen LogP contribution is 2.28. The number of aromatic nitrogens is 1. The lowest BCUT2D eigenvalue weighted by molar-refractivity contribution is -0.141. The van der Waals surface area contributed by atoms with Crippen LogP contribution in [0, 0.1) is 12.8 Å². The van der Waals surface area contributed by atoms with E-state index in [9.17, 15) is 9.59 Å². The summed E-state index contributed by atoms with van der Waals surface area (Å²) in [4.78, 5) is 25.3. The molecule has 22 heavy (non-hydrogen) atoms. The van der Waals surface area contributed by atoms with Gasteiger partial charge < -0.3 is 14.5 Å². The number of carbonyl (C=O) groups excluding carboxylic acids is 1. The van der Waals surface area contributed by atoms with Crippen molar-refractivity contribution in [1.29, 1.82) is 0 Å². The maximum atomic E-state index is 12.7. The maximum Gasteiger partial charge on any atom is 0.308 e. The van der Waals surface area contributed by atoms with Crippen molar-refractivity contribution in [2.45, 2.75) is 13.3 Å². The van der Waals surface area contributed by atoms with E-state index in [-0.39, 0.29) is 12.5 Å². The van der Waals surface area contributed by atoms with Gasteiger partial charge in [-0.15, -0.1) is 0 Å². The summed E-state index contributed by atoms with van der Waals surface area (Å²) in [5.74, 6) is -1.13. The van der Waals surface area contributed by atoms with Gasteiger partial charge >= 0.3 is 5.97 Å². The summed E-state index contributed by atoms with van der Waals surface area (Å²) in [6.45, 7) is 2.36. The van der Waals surface area contributed by atoms with Crippen LogP contribution in [0.5, 0.6) is 0 Å². The van der Waals surface area contributed by atoms with Gasteiger partial charge in [0.05, 0.1) is 5.92 Å². The van der Waals surface area contributed by atoms with E-state index in [1.165, 1.54) is 0 Å². The second-order valence-electron chi connectivity index (χ2n) is 5.40. The van der Waals surface area contributed by atoms with Crippen LogP contribution >= 0.6 is 0 Å². The standard InChI is InChI=1S/C16H16N2O4/c1-10-13(14(17-22-10)11-5-3-2-4-6-11)15(19)18-8-7-12(9-18)16(20)21/h2-6,12H,7-9H2,1H3,(H,20,21). The van der Waals surface area contributed by atoms with Crippen molar-refractivity contribution >= 4 is 11.9 Å². The number of hydrogen-bond acceptors (Lipinski definition) is 4. The Morgan fingerprint density at radius 3 is 2.68 bits per heavy atom. The van der Waals surface area contributed by atoms with Gasteiger partial charge in [0, 0.05) is 18.7 Å². The van der Waals surface area contributed by atoms with Gasteiger partial charge in [0.25, 0.3) is 5.91 Å². The van der Waals surface area contributed by atoms with E-state index in [4.69, 9.17) is 9.63 Å². The number of carbonyl (C=O) groups is 2. The molecular formula is C16H16N2O4. The SMILES string of the molecule is Cc1onc(-c2ccccc2)c1C(=O)N1CCC(C(=O)O)C1. The topological polar surface area (TPSA) is 83.6 Å². The van der Waals surface area contributed by atoms with Gasteiger partial charge in [0.2, 0.25) is 0 Å². The molecule has 3 rings (SSSR count). The smallest absolute Gasteiger partial charge is 0.308 e. The summed E-state index contributed by atoms with van der Waals surface area (Å²) < 4.78 is 5.19. The first-order chi connectivity index (χ1) is 10.6. The second kappa shape index (κ2) is 5.63. The number of aliphatic carboxylic acids is 1. The zero-order valence-electron chi connectivity index (χ0n) is 12.2. The van der Waals surface area contributed by atoms with E-state index in [0.717, 1.165) is 5.56 Å². The lowest BCUT2D eigenvalue weighted by Crippen LogP contribution is -2.30. The van der Waals surface area contributed by atoms with Crippen molar-refractivity contribution in [3.63, 3.8) is 0 Å². The van der Waals surface area contributed by atoms with Crippen LogP contribution in [0.25, 0.3) is 11.3 Å². The Bertz CT molecular complexity index is 708. The maximum absolute atomic E-state index is 12.7. The minimum absolute atomic E-state index is 0.221. The molecule has 0 bridgehead atoms. The number of nitrogens with zero attached hydrogens (tertiary/aromatic N) is 2. The van der Waals surface area contributed by atoms with Gasteiger partial charge in [-0.1, -0.05) is 35.5 Å². The Morgan fingerprint density at radius 1 is 1.32 bits per heavy atom. The highest BCUT2D eigenvalue weighted by Gasteiger charge is 2.34. The molecule has 6 nitrogen and oxygen atoms in total. The molecule has 1 aliphatic rings. The quantitative estimate of drug-likeness (QED) is 0.939. The van der Waals surface area contributed by atoms with E-state index in [1.807, 2.05) is 30.3 Å². The normalized spacial score (nSPS) is 17.7. The number of carboxylic acid groups (broad SMARTS) is 1. The third kappa shape index (κ3) is 2.47. The average molecular weight is 300 g/mol. The van der Waals surface area contributed by atoms with Gasteiger partial charge in [-0.3, -0.25) is 9.59 Å². The van der Waals surface area contributed by atoms with Crippen LogP contribution in [0.4, 0.5) is 0 Å². The molecule has 1 aromatic heterocycles. The molecule has 2 heterocycles. The molecule has 0 aliphatic carbocycles. The van der Waals surface area contributed by atoms with Crippen molar-refractivity contribution in [3.05, 3.63) is 41.7 Å². The first-order valence-corrected chi connectivity index (χ1v) is 7.11. The zero-order chi connectivity index (χ0) is 15.7. The van der Waals surface area contributed by atoms with Crippen LogP contribution in [0.15, 0.2) is 34.9 Å². The Kier molecular flexibility index (Phi) is 3.66. The highest BCUT2D eigenvalue weighted by atomic mass is 16.5. The Balaban J connectivity index is 1.91. The number of carboxylic acids is 1. The minimum Gasteiger partial charge on any atom is -0.481 e. The molecule has 1 amide bonds. The molecular weight excluding hydrogens is 284 g/mol. The monoisotopic (exact) mass is 300 g/mol. The predicted molar refractivity (Wildman–Crippen MR) is 78.3 cm³/mol. The second-order valence-corrected chi connectivity index (χ2v) is 5.40. The van der Waals surface area contributed by atoms with Gasteiger partial charge in [0.1, 0.15) is 17.0 Å². The van der Waals surface area contributed by atoms with Crippen LogP contribution in [0.3, 0.4) is 0 Å².